The lowest BCUT2D eigenvalue weighted by Crippen LogP contribution is -2.41. The normalized spacial score (nSPS) is 13.9. The molecular formula is C31H39INO2. The Labute approximate surface area is 225 Å². The molecule has 1 N–H and O–H groups in total. The van der Waals surface area contributed by atoms with E-state index < -0.39 is 0 Å². The van der Waals surface area contributed by atoms with Gasteiger partial charge >= 0.3 is 0 Å². The van der Waals surface area contributed by atoms with Gasteiger partial charge in [0.1, 0.15) is 18.1 Å². The van der Waals surface area contributed by atoms with Gasteiger partial charge in [-0.3, -0.25) is 0 Å². The van der Waals surface area contributed by atoms with E-state index in [1.54, 1.807) is 7.11 Å². The summed E-state index contributed by atoms with van der Waals surface area (Å²) in [5, 5.41) is 3.49. The fourth-order valence-electron chi connectivity index (χ4n) is 5.39. The van der Waals surface area contributed by atoms with Crippen LogP contribution in [0.3, 0.4) is 0 Å². The summed E-state index contributed by atoms with van der Waals surface area (Å²) in [6.45, 7) is 13.6. The molecule has 3 aromatic rings. The van der Waals surface area contributed by atoms with Gasteiger partial charge in [-0.15, -0.1) is 0 Å². The highest BCUT2D eigenvalue weighted by atomic mass is 127. The summed E-state index contributed by atoms with van der Waals surface area (Å²) >= 11 is 2.48. The molecule has 4 heteroatoms. The zero-order chi connectivity index (χ0) is 25.3. The van der Waals surface area contributed by atoms with Crippen molar-refractivity contribution in [3.05, 3.63) is 100.0 Å². The van der Waals surface area contributed by atoms with Crippen LogP contribution in [0.2, 0.25) is 0 Å². The van der Waals surface area contributed by atoms with E-state index in [2.05, 4.69) is 110 Å². The third-order valence-corrected chi connectivity index (χ3v) is 7.91. The number of nitrogens with one attached hydrogen (secondary N) is 1. The standard InChI is InChI=1S/C31H39INO2/c1-6-13-24(4)31(23(2)3,26-15-8-10-17-28(26)32)27-16-9-12-19-30(27)35-21-20-33-22-25-14-7-11-18-29(25)34-5/h7-12,14-19,23-24,33H,2,6,13,20-22H2,1,3-5H3. The average molecular weight is 585 g/mol. The smallest absolute Gasteiger partial charge is 0.123 e. The first-order valence-electron chi connectivity index (χ1n) is 12.6. The van der Waals surface area contributed by atoms with Crippen LogP contribution in [-0.2, 0) is 12.0 Å². The maximum absolute atomic E-state index is 6.45. The minimum Gasteiger partial charge on any atom is -0.496 e. The molecule has 3 atom stereocenters. The minimum atomic E-state index is -0.241. The molecule has 187 valence electrons. The van der Waals surface area contributed by atoms with Crippen LogP contribution in [0, 0.1) is 22.3 Å². The second-order valence-corrected chi connectivity index (χ2v) is 10.4. The van der Waals surface area contributed by atoms with Crippen LogP contribution in [0.1, 0.15) is 50.3 Å². The molecule has 0 amide bonds. The molecular weight excluding hydrogens is 545 g/mol. The SMILES string of the molecule is [CH2]C(C)C(c1ccccc1I)(c1ccccc1OCCNCc1ccccc1OC)C(C)CCC. The van der Waals surface area contributed by atoms with Crippen LogP contribution in [0.5, 0.6) is 11.5 Å². The van der Waals surface area contributed by atoms with Crippen molar-refractivity contribution in [2.24, 2.45) is 11.8 Å². The third kappa shape index (κ3) is 6.21. The molecule has 0 saturated heterocycles. The van der Waals surface area contributed by atoms with E-state index in [-0.39, 0.29) is 11.3 Å². The summed E-state index contributed by atoms with van der Waals surface area (Å²) in [6, 6.07) is 25.4. The molecule has 3 rings (SSSR count). The van der Waals surface area contributed by atoms with Gasteiger partial charge < -0.3 is 14.8 Å². The highest BCUT2D eigenvalue weighted by Gasteiger charge is 2.45. The predicted molar refractivity (Wildman–Crippen MR) is 155 cm³/mol. The number of hydrogen-bond donors (Lipinski definition) is 1. The first-order valence-corrected chi connectivity index (χ1v) is 13.7. The molecule has 0 aliphatic carbocycles. The molecule has 35 heavy (non-hydrogen) atoms. The van der Waals surface area contributed by atoms with Gasteiger partial charge in [0, 0.05) is 33.2 Å². The lowest BCUT2D eigenvalue weighted by atomic mass is 9.59. The van der Waals surface area contributed by atoms with Gasteiger partial charge in [-0.2, -0.15) is 0 Å². The van der Waals surface area contributed by atoms with E-state index in [1.807, 2.05) is 18.2 Å². The predicted octanol–water partition coefficient (Wildman–Crippen LogP) is 7.66. The summed E-state index contributed by atoms with van der Waals surface area (Å²) in [6.07, 6.45) is 2.26. The molecule has 0 fully saturated rings. The van der Waals surface area contributed by atoms with Crippen molar-refractivity contribution in [3.63, 3.8) is 0 Å². The van der Waals surface area contributed by atoms with Gasteiger partial charge in [0.2, 0.25) is 0 Å². The van der Waals surface area contributed by atoms with Crippen molar-refractivity contribution in [1.82, 2.24) is 5.32 Å². The first kappa shape index (κ1) is 27.5. The van der Waals surface area contributed by atoms with Gasteiger partial charge in [-0.05, 0) is 71.5 Å². The highest BCUT2D eigenvalue weighted by Crippen LogP contribution is 2.51. The van der Waals surface area contributed by atoms with Gasteiger partial charge in [0.15, 0.2) is 0 Å². The van der Waals surface area contributed by atoms with Crippen molar-refractivity contribution in [1.29, 1.82) is 0 Å². The number of methoxy groups -OCH3 is 1. The largest absolute Gasteiger partial charge is 0.496 e. The summed E-state index contributed by atoms with van der Waals surface area (Å²) < 4.78 is 13.2. The monoisotopic (exact) mass is 584 g/mol. The zero-order valence-corrected chi connectivity index (χ0v) is 23.7. The first-order chi connectivity index (χ1) is 17.0. The van der Waals surface area contributed by atoms with E-state index in [4.69, 9.17) is 9.47 Å². The summed E-state index contributed by atoms with van der Waals surface area (Å²) in [5.41, 5.74) is 3.48. The molecule has 0 heterocycles. The Morgan fingerprint density at radius 2 is 1.54 bits per heavy atom. The van der Waals surface area contributed by atoms with Gasteiger partial charge in [0.25, 0.3) is 0 Å². The summed E-state index contributed by atoms with van der Waals surface area (Å²) in [7, 11) is 1.71. The number of benzene rings is 3. The second kappa shape index (κ2) is 13.3. The molecule has 0 bridgehead atoms. The van der Waals surface area contributed by atoms with Crippen LogP contribution < -0.4 is 14.8 Å². The van der Waals surface area contributed by atoms with Crippen molar-refractivity contribution < 1.29 is 9.47 Å². The zero-order valence-electron chi connectivity index (χ0n) is 21.5. The molecule has 3 nitrogen and oxygen atoms in total. The lowest BCUT2D eigenvalue weighted by Gasteiger charge is -2.45. The van der Waals surface area contributed by atoms with E-state index in [1.165, 1.54) is 14.7 Å². The Bertz CT molecular complexity index is 1070. The van der Waals surface area contributed by atoms with Crippen molar-refractivity contribution in [2.45, 2.75) is 45.6 Å². The van der Waals surface area contributed by atoms with Crippen LogP contribution >= 0.6 is 22.6 Å². The Balaban J connectivity index is 1.86. The van der Waals surface area contributed by atoms with E-state index in [0.29, 0.717) is 12.5 Å². The number of halogens is 1. The van der Waals surface area contributed by atoms with Crippen LogP contribution in [0.4, 0.5) is 0 Å². The highest BCUT2D eigenvalue weighted by molar-refractivity contribution is 14.1. The number of para-hydroxylation sites is 2. The van der Waals surface area contributed by atoms with Crippen molar-refractivity contribution >= 4 is 22.6 Å². The van der Waals surface area contributed by atoms with E-state index in [9.17, 15) is 0 Å². The average Bonchev–Trinajstić information content (AvgIpc) is 2.86. The molecule has 3 unspecified atom stereocenters. The second-order valence-electron chi connectivity index (χ2n) is 9.27. The molecule has 0 aliphatic rings. The molecule has 0 aromatic heterocycles. The van der Waals surface area contributed by atoms with E-state index in [0.717, 1.165) is 43.0 Å². The number of rotatable bonds is 13. The van der Waals surface area contributed by atoms with Gasteiger partial charge in [0.05, 0.1) is 7.11 Å². The summed E-state index contributed by atoms with van der Waals surface area (Å²) in [4.78, 5) is 0. The number of ether oxygens (including phenoxy) is 2. The molecule has 3 aromatic carbocycles. The number of hydrogen-bond acceptors (Lipinski definition) is 3. The quantitative estimate of drug-likeness (QED) is 0.165. The van der Waals surface area contributed by atoms with Gasteiger partial charge in [-0.25, -0.2) is 0 Å². The van der Waals surface area contributed by atoms with Crippen LogP contribution in [-0.4, -0.2) is 20.3 Å². The minimum absolute atomic E-state index is 0.161. The van der Waals surface area contributed by atoms with Crippen molar-refractivity contribution in [2.75, 3.05) is 20.3 Å². The molecule has 0 saturated carbocycles. The fraction of sp³-hybridized carbons (Fsp3) is 0.387. The Kier molecular flexibility index (Phi) is 10.5. The Morgan fingerprint density at radius 1 is 0.914 bits per heavy atom. The van der Waals surface area contributed by atoms with E-state index >= 15 is 0 Å². The molecule has 0 spiro atoms. The summed E-state index contributed by atoms with van der Waals surface area (Å²) in [5.74, 6) is 2.42. The van der Waals surface area contributed by atoms with Gasteiger partial charge in [-0.1, -0.05) is 81.8 Å². The maximum atomic E-state index is 6.45. The lowest BCUT2D eigenvalue weighted by molar-refractivity contribution is 0.241. The Morgan fingerprint density at radius 3 is 2.20 bits per heavy atom. The van der Waals surface area contributed by atoms with Crippen LogP contribution in [0.25, 0.3) is 0 Å². The molecule has 0 aliphatic heterocycles. The molecule has 1 radical (unpaired) electrons. The third-order valence-electron chi connectivity index (χ3n) is 6.97. The maximum Gasteiger partial charge on any atom is 0.123 e. The van der Waals surface area contributed by atoms with Crippen molar-refractivity contribution in [3.8, 4) is 11.5 Å². The Hall–Kier alpha value is -2.05. The fourth-order valence-corrected chi connectivity index (χ4v) is 6.22. The van der Waals surface area contributed by atoms with Crippen LogP contribution in [0.15, 0.2) is 72.8 Å². The topological polar surface area (TPSA) is 30.5 Å².